The van der Waals surface area contributed by atoms with Gasteiger partial charge in [-0.2, -0.15) is 10.4 Å². The van der Waals surface area contributed by atoms with E-state index >= 15 is 0 Å². The van der Waals surface area contributed by atoms with Crippen LogP contribution >= 0.6 is 15.9 Å². The van der Waals surface area contributed by atoms with Crippen molar-refractivity contribution in [1.82, 2.24) is 19.7 Å². The molecule has 0 aromatic carbocycles. The summed E-state index contributed by atoms with van der Waals surface area (Å²) in [4.78, 5) is 10.5. The van der Waals surface area contributed by atoms with Crippen LogP contribution in [0, 0.1) is 31.1 Å². The predicted molar refractivity (Wildman–Crippen MR) is 84.4 cm³/mol. The smallest absolute Gasteiger partial charge is 0.159 e. The Morgan fingerprint density at radius 2 is 2.14 bits per heavy atom. The fraction of sp³-hybridized carbons (Fsp3) is 0.429. The highest BCUT2D eigenvalue weighted by atomic mass is 79.9. The van der Waals surface area contributed by atoms with Crippen molar-refractivity contribution in [3.8, 4) is 11.9 Å². The SMILES string of the molecule is Cc1nn(-c2cc(N(C)CC(C)C#N)ncn2)c(C)c1Br. The molecule has 6 nitrogen and oxygen atoms in total. The molecule has 1 unspecified atom stereocenters. The molecule has 0 spiro atoms. The first-order valence-electron chi connectivity index (χ1n) is 6.59. The van der Waals surface area contributed by atoms with E-state index in [-0.39, 0.29) is 5.92 Å². The fourth-order valence-corrected chi connectivity index (χ4v) is 2.30. The highest BCUT2D eigenvalue weighted by Gasteiger charge is 2.13. The van der Waals surface area contributed by atoms with Gasteiger partial charge in [-0.15, -0.1) is 0 Å². The molecule has 0 amide bonds. The molecule has 0 saturated carbocycles. The monoisotopic (exact) mass is 348 g/mol. The second-order valence-corrected chi connectivity index (χ2v) is 5.83. The lowest BCUT2D eigenvalue weighted by atomic mass is 10.2. The van der Waals surface area contributed by atoms with E-state index in [9.17, 15) is 0 Å². The largest absolute Gasteiger partial charge is 0.358 e. The Hall–Kier alpha value is -1.94. The minimum atomic E-state index is -0.0590. The summed E-state index contributed by atoms with van der Waals surface area (Å²) in [7, 11) is 1.91. The van der Waals surface area contributed by atoms with Crippen molar-refractivity contribution in [2.24, 2.45) is 5.92 Å². The highest BCUT2D eigenvalue weighted by molar-refractivity contribution is 9.10. The van der Waals surface area contributed by atoms with Crippen LogP contribution in [0.4, 0.5) is 5.82 Å². The Balaban J connectivity index is 2.34. The second kappa shape index (κ2) is 6.22. The van der Waals surface area contributed by atoms with Gasteiger partial charge in [-0.05, 0) is 36.7 Å². The number of rotatable bonds is 4. The maximum Gasteiger partial charge on any atom is 0.159 e. The van der Waals surface area contributed by atoms with E-state index in [2.05, 4.69) is 37.1 Å². The molecule has 0 fully saturated rings. The quantitative estimate of drug-likeness (QED) is 0.849. The molecule has 2 rings (SSSR count). The van der Waals surface area contributed by atoms with Gasteiger partial charge in [-0.1, -0.05) is 0 Å². The lowest BCUT2D eigenvalue weighted by Crippen LogP contribution is -2.24. The Morgan fingerprint density at radius 3 is 2.71 bits per heavy atom. The summed E-state index contributed by atoms with van der Waals surface area (Å²) in [5.41, 5.74) is 1.91. The molecule has 0 aliphatic carbocycles. The molecule has 0 aliphatic rings. The van der Waals surface area contributed by atoms with Crippen molar-refractivity contribution < 1.29 is 0 Å². The van der Waals surface area contributed by atoms with Crippen LogP contribution in [0.25, 0.3) is 5.82 Å². The van der Waals surface area contributed by atoms with Crippen LogP contribution < -0.4 is 4.90 Å². The van der Waals surface area contributed by atoms with Crippen molar-refractivity contribution in [2.75, 3.05) is 18.5 Å². The maximum atomic E-state index is 8.90. The second-order valence-electron chi connectivity index (χ2n) is 5.04. The van der Waals surface area contributed by atoms with Gasteiger partial charge in [0.2, 0.25) is 0 Å². The van der Waals surface area contributed by atoms with Crippen molar-refractivity contribution in [3.63, 3.8) is 0 Å². The molecule has 2 aromatic heterocycles. The maximum absolute atomic E-state index is 8.90. The van der Waals surface area contributed by atoms with Crippen LogP contribution in [0.15, 0.2) is 16.9 Å². The van der Waals surface area contributed by atoms with Crippen LogP contribution in [0.1, 0.15) is 18.3 Å². The molecular formula is C14H17BrN6. The third kappa shape index (κ3) is 3.22. The molecule has 21 heavy (non-hydrogen) atoms. The van der Waals surface area contributed by atoms with E-state index in [4.69, 9.17) is 5.26 Å². The Labute approximate surface area is 132 Å². The lowest BCUT2D eigenvalue weighted by Gasteiger charge is -2.19. The van der Waals surface area contributed by atoms with Gasteiger partial charge in [0.05, 0.1) is 27.8 Å². The van der Waals surface area contributed by atoms with Crippen LogP contribution in [-0.2, 0) is 0 Å². The zero-order chi connectivity index (χ0) is 15.6. The first-order valence-corrected chi connectivity index (χ1v) is 7.38. The average Bonchev–Trinajstić information content (AvgIpc) is 2.74. The number of aryl methyl sites for hydroxylation is 1. The summed E-state index contributed by atoms with van der Waals surface area (Å²) < 4.78 is 2.76. The summed E-state index contributed by atoms with van der Waals surface area (Å²) in [6, 6.07) is 4.09. The summed E-state index contributed by atoms with van der Waals surface area (Å²) in [5, 5.41) is 13.4. The number of halogens is 1. The van der Waals surface area contributed by atoms with Gasteiger partial charge >= 0.3 is 0 Å². The number of nitrogens with zero attached hydrogens (tertiary/aromatic N) is 6. The van der Waals surface area contributed by atoms with Gasteiger partial charge in [0, 0.05) is 19.7 Å². The first-order chi connectivity index (χ1) is 9.93. The third-order valence-corrected chi connectivity index (χ3v) is 4.37. The van der Waals surface area contributed by atoms with Crippen LogP contribution in [0.2, 0.25) is 0 Å². The van der Waals surface area contributed by atoms with Gasteiger partial charge in [0.1, 0.15) is 12.1 Å². The molecule has 0 radical (unpaired) electrons. The highest BCUT2D eigenvalue weighted by Crippen LogP contribution is 2.23. The number of hydrogen-bond donors (Lipinski definition) is 0. The number of hydrogen-bond acceptors (Lipinski definition) is 5. The first kappa shape index (κ1) is 15.4. The van der Waals surface area contributed by atoms with Gasteiger partial charge in [0.25, 0.3) is 0 Å². The van der Waals surface area contributed by atoms with Crippen LogP contribution in [0.5, 0.6) is 0 Å². The minimum Gasteiger partial charge on any atom is -0.358 e. The molecule has 110 valence electrons. The van der Waals surface area contributed by atoms with E-state index in [0.717, 1.165) is 21.7 Å². The van der Waals surface area contributed by atoms with Gasteiger partial charge < -0.3 is 4.90 Å². The zero-order valence-electron chi connectivity index (χ0n) is 12.5. The van der Waals surface area contributed by atoms with Crippen molar-refractivity contribution in [2.45, 2.75) is 20.8 Å². The normalized spacial score (nSPS) is 12.0. The molecule has 0 bridgehead atoms. The topological polar surface area (TPSA) is 70.6 Å². The zero-order valence-corrected chi connectivity index (χ0v) is 14.1. The van der Waals surface area contributed by atoms with Crippen molar-refractivity contribution in [3.05, 3.63) is 28.3 Å². The van der Waals surface area contributed by atoms with Crippen molar-refractivity contribution in [1.29, 1.82) is 5.26 Å². The molecular weight excluding hydrogens is 332 g/mol. The average molecular weight is 349 g/mol. The number of nitriles is 1. The Bertz CT molecular complexity index is 687. The lowest BCUT2D eigenvalue weighted by molar-refractivity contribution is 0.707. The molecule has 1 atom stereocenters. The van der Waals surface area contributed by atoms with Crippen molar-refractivity contribution >= 4 is 21.7 Å². The molecule has 0 aliphatic heterocycles. The van der Waals surface area contributed by atoms with E-state index in [0.29, 0.717) is 12.4 Å². The van der Waals surface area contributed by atoms with Gasteiger partial charge in [0.15, 0.2) is 5.82 Å². The fourth-order valence-electron chi connectivity index (χ4n) is 2.05. The summed E-state index contributed by atoms with van der Waals surface area (Å²) in [5.74, 6) is 1.42. The van der Waals surface area contributed by atoms with Gasteiger partial charge in [-0.25, -0.2) is 14.6 Å². The third-order valence-electron chi connectivity index (χ3n) is 3.22. The number of anilines is 1. The summed E-state index contributed by atoms with van der Waals surface area (Å²) in [6.07, 6.45) is 1.52. The van der Waals surface area contributed by atoms with E-state index in [1.807, 2.05) is 38.8 Å². The Morgan fingerprint density at radius 1 is 1.43 bits per heavy atom. The van der Waals surface area contributed by atoms with E-state index in [1.165, 1.54) is 6.33 Å². The standard InChI is InChI=1S/C14H17BrN6/c1-9(6-16)7-20(4)12-5-13(18-8-17-12)21-11(3)14(15)10(2)19-21/h5,8-9H,7H2,1-4H3. The van der Waals surface area contributed by atoms with E-state index in [1.54, 1.807) is 4.68 Å². The molecule has 2 aromatic rings. The number of aromatic nitrogens is 4. The van der Waals surface area contributed by atoms with Crippen LogP contribution in [0.3, 0.4) is 0 Å². The molecule has 7 heteroatoms. The van der Waals surface area contributed by atoms with Crippen LogP contribution in [-0.4, -0.2) is 33.3 Å². The predicted octanol–water partition coefficient (Wildman–Crippen LogP) is 2.64. The molecule has 2 heterocycles. The van der Waals surface area contributed by atoms with E-state index < -0.39 is 0 Å². The molecule has 0 N–H and O–H groups in total. The minimum absolute atomic E-state index is 0.0590. The summed E-state index contributed by atoms with van der Waals surface area (Å²) in [6.45, 7) is 6.42. The molecule has 0 saturated heterocycles. The van der Waals surface area contributed by atoms with Gasteiger partial charge in [-0.3, -0.25) is 0 Å². The Kier molecular flexibility index (Phi) is 4.58. The summed E-state index contributed by atoms with van der Waals surface area (Å²) >= 11 is 3.51.